The van der Waals surface area contributed by atoms with Crippen LogP contribution in [0.15, 0.2) is 42.7 Å². The first-order valence-electron chi connectivity index (χ1n) is 10.2. The van der Waals surface area contributed by atoms with Crippen LogP contribution in [-0.2, 0) is 6.54 Å². The van der Waals surface area contributed by atoms with Crippen molar-refractivity contribution >= 4 is 23.1 Å². The molecule has 1 amide bonds. The van der Waals surface area contributed by atoms with Crippen LogP contribution in [0.25, 0.3) is 0 Å². The molecule has 0 unspecified atom stereocenters. The predicted octanol–water partition coefficient (Wildman–Crippen LogP) is 5.22. The Morgan fingerprint density at radius 3 is 2.74 bits per heavy atom. The van der Waals surface area contributed by atoms with E-state index in [1.807, 2.05) is 58.2 Å². The van der Waals surface area contributed by atoms with E-state index in [4.69, 9.17) is 4.74 Å². The van der Waals surface area contributed by atoms with Gasteiger partial charge in [0.2, 0.25) is 0 Å². The van der Waals surface area contributed by atoms with Gasteiger partial charge in [-0.3, -0.25) is 9.36 Å². The largest absolute Gasteiger partial charge is 0.425 e. The lowest BCUT2D eigenvalue weighted by molar-refractivity contribution is 0.0785. The minimum atomic E-state index is -0.134. The fourth-order valence-electron chi connectivity index (χ4n) is 3.17. The van der Waals surface area contributed by atoms with Crippen molar-refractivity contribution in [3.63, 3.8) is 0 Å². The van der Waals surface area contributed by atoms with Crippen molar-refractivity contribution in [2.75, 3.05) is 18.9 Å². The zero-order chi connectivity index (χ0) is 22.5. The zero-order valence-corrected chi connectivity index (χ0v) is 19.5. The fraction of sp³-hybridized carbons (Fsp3) is 0.348. The van der Waals surface area contributed by atoms with Gasteiger partial charge >= 0.3 is 6.01 Å². The van der Waals surface area contributed by atoms with Crippen molar-refractivity contribution in [3.05, 3.63) is 63.9 Å². The second kappa shape index (κ2) is 9.78. The number of nitrogens with zero attached hydrogens (tertiary/aromatic N) is 4. The van der Waals surface area contributed by atoms with E-state index < -0.39 is 0 Å². The van der Waals surface area contributed by atoms with Crippen LogP contribution in [0.4, 0.5) is 5.82 Å². The molecule has 1 aromatic carbocycles. The molecule has 3 rings (SSSR count). The van der Waals surface area contributed by atoms with Gasteiger partial charge in [0.05, 0.1) is 6.54 Å². The summed E-state index contributed by atoms with van der Waals surface area (Å²) in [5, 5.41) is 4.00. The van der Waals surface area contributed by atoms with E-state index in [0.717, 1.165) is 21.9 Å². The third-order valence-corrected chi connectivity index (χ3v) is 5.43. The molecule has 0 bridgehead atoms. The van der Waals surface area contributed by atoms with E-state index in [0.29, 0.717) is 42.1 Å². The van der Waals surface area contributed by atoms with Crippen LogP contribution in [-0.4, -0.2) is 38.9 Å². The summed E-state index contributed by atoms with van der Waals surface area (Å²) in [5.74, 6) is 0.950. The topological polar surface area (TPSA) is 72.3 Å². The van der Waals surface area contributed by atoms with Gasteiger partial charge in [0.1, 0.15) is 10.8 Å². The third kappa shape index (κ3) is 5.52. The molecule has 0 fully saturated rings. The molecule has 31 heavy (non-hydrogen) atoms. The molecule has 0 radical (unpaired) electrons. The number of aryl methyl sites for hydroxylation is 2. The van der Waals surface area contributed by atoms with Gasteiger partial charge in [0, 0.05) is 30.4 Å². The Bertz CT molecular complexity index is 1090. The summed E-state index contributed by atoms with van der Waals surface area (Å²) in [6, 6.07) is 8.06. The van der Waals surface area contributed by atoms with Crippen molar-refractivity contribution in [3.8, 4) is 11.8 Å². The quantitative estimate of drug-likeness (QED) is 0.495. The second-order valence-corrected chi connectivity index (χ2v) is 8.91. The summed E-state index contributed by atoms with van der Waals surface area (Å²) in [7, 11) is 1.79. The van der Waals surface area contributed by atoms with Crippen molar-refractivity contribution in [2.24, 2.45) is 0 Å². The Labute approximate surface area is 187 Å². The molecule has 2 aromatic heterocycles. The first-order chi connectivity index (χ1) is 14.8. The van der Waals surface area contributed by atoms with E-state index in [-0.39, 0.29) is 5.91 Å². The van der Waals surface area contributed by atoms with Gasteiger partial charge in [-0.15, -0.1) is 11.3 Å². The molecule has 0 saturated heterocycles. The Balaban J connectivity index is 2.12. The third-order valence-electron chi connectivity index (χ3n) is 4.53. The molecule has 0 aliphatic rings. The smallest absolute Gasteiger partial charge is 0.304 e. The summed E-state index contributed by atoms with van der Waals surface area (Å²) in [6.45, 7) is 12.8. The van der Waals surface area contributed by atoms with Gasteiger partial charge in [-0.25, -0.2) is 4.98 Å². The van der Waals surface area contributed by atoms with Crippen LogP contribution in [0.2, 0.25) is 0 Å². The van der Waals surface area contributed by atoms with Crippen molar-refractivity contribution in [2.45, 2.75) is 40.7 Å². The Morgan fingerprint density at radius 2 is 2.13 bits per heavy atom. The first kappa shape index (κ1) is 22.6. The molecule has 0 atom stereocenters. The number of amides is 1. The Hall–Kier alpha value is -3.13. The predicted molar refractivity (Wildman–Crippen MR) is 125 cm³/mol. The first-order valence-corrected chi connectivity index (χ1v) is 11.0. The SMILES string of the molecule is C=C(C)Nc1nc(Oc2cccc(C)c2)n(Cc2ncc(C)s2)c1C(=O)N(C)CCC. The van der Waals surface area contributed by atoms with Crippen LogP contribution >= 0.6 is 11.3 Å². The van der Waals surface area contributed by atoms with Crippen LogP contribution < -0.4 is 10.1 Å². The number of aromatic nitrogens is 3. The van der Waals surface area contributed by atoms with Gasteiger partial charge in [-0.1, -0.05) is 25.6 Å². The summed E-state index contributed by atoms with van der Waals surface area (Å²) in [4.78, 5) is 25.3. The summed E-state index contributed by atoms with van der Waals surface area (Å²) in [6.07, 6.45) is 2.69. The van der Waals surface area contributed by atoms with Crippen LogP contribution in [0.3, 0.4) is 0 Å². The normalized spacial score (nSPS) is 10.7. The van der Waals surface area contributed by atoms with Crippen LogP contribution in [0.1, 0.15) is 46.2 Å². The molecule has 2 heterocycles. The second-order valence-electron chi connectivity index (χ2n) is 7.59. The number of imidazole rings is 1. The fourth-order valence-corrected chi connectivity index (χ4v) is 3.95. The highest BCUT2D eigenvalue weighted by Crippen LogP contribution is 2.30. The molecule has 1 N–H and O–H groups in total. The standard InChI is InChI=1S/C23H29N5O2S/c1-7-11-27(6)22(29)20-21(25-15(2)3)26-23(30-18-10-8-9-16(4)12-18)28(20)14-19-24-13-17(5)31-19/h8-10,12-13,25H,2,7,11,14H2,1,3-6H3. The van der Waals surface area contributed by atoms with Crippen molar-refractivity contribution in [1.82, 2.24) is 19.4 Å². The molecular formula is C23H29N5O2S. The van der Waals surface area contributed by atoms with E-state index in [2.05, 4.69) is 21.9 Å². The zero-order valence-electron chi connectivity index (χ0n) is 18.7. The molecule has 0 aliphatic heterocycles. The van der Waals surface area contributed by atoms with Crippen LogP contribution in [0.5, 0.6) is 11.8 Å². The number of anilines is 1. The highest BCUT2D eigenvalue weighted by Gasteiger charge is 2.27. The minimum absolute atomic E-state index is 0.134. The van der Waals surface area contributed by atoms with Crippen molar-refractivity contribution < 1.29 is 9.53 Å². The van der Waals surface area contributed by atoms with Crippen molar-refractivity contribution in [1.29, 1.82) is 0 Å². The number of carbonyl (C=O) groups is 1. The lowest BCUT2D eigenvalue weighted by atomic mass is 10.2. The maximum Gasteiger partial charge on any atom is 0.304 e. The molecule has 7 nitrogen and oxygen atoms in total. The number of nitrogens with one attached hydrogen (secondary N) is 1. The van der Waals surface area contributed by atoms with E-state index in [9.17, 15) is 4.79 Å². The summed E-state index contributed by atoms with van der Waals surface area (Å²) >= 11 is 1.58. The number of rotatable bonds is 9. The Morgan fingerprint density at radius 1 is 1.35 bits per heavy atom. The molecule has 0 aliphatic carbocycles. The highest BCUT2D eigenvalue weighted by atomic mass is 32.1. The molecule has 8 heteroatoms. The van der Waals surface area contributed by atoms with E-state index in [1.54, 1.807) is 27.9 Å². The lowest BCUT2D eigenvalue weighted by Gasteiger charge is -2.18. The van der Waals surface area contributed by atoms with Gasteiger partial charge in [0.25, 0.3) is 5.91 Å². The summed E-state index contributed by atoms with van der Waals surface area (Å²) < 4.78 is 7.94. The number of thiazole rings is 1. The van der Waals surface area contributed by atoms with Gasteiger partial charge in [-0.05, 0) is 44.9 Å². The average molecular weight is 440 g/mol. The van der Waals surface area contributed by atoms with Gasteiger partial charge in [-0.2, -0.15) is 4.98 Å². The molecular weight excluding hydrogens is 410 g/mol. The van der Waals surface area contributed by atoms with Gasteiger partial charge < -0.3 is 15.0 Å². The number of carbonyl (C=O) groups excluding carboxylic acids is 1. The molecule has 164 valence electrons. The Kier molecular flexibility index (Phi) is 7.12. The lowest BCUT2D eigenvalue weighted by Crippen LogP contribution is -2.30. The summed E-state index contributed by atoms with van der Waals surface area (Å²) in [5.41, 5.74) is 2.18. The maximum absolute atomic E-state index is 13.4. The number of ether oxygens (including phenoxy) is 1. The molecule has 0 saturated carbocycles. The number of hydrogen-bond acceptors (Lipinski definition) is 6. The molecule has 0 spiro atoms. The van der Waals surface area contributed by atoms with Crippen LogP contribution in [0, 0.1) is 13.8 Å². The number of hydrogen-bond donors (Lipinski definition) is 1. The number of benzene rings is 1. The highest BCUT2D eigenvalue weighted by molar-refractivity contribution is 7.11. The number of allylic oxidation sites excluding steroid dienone is 1. The maximum atomic E-state index is 13.4. The average Bonchev–Trinajstić information content (AvgIpc) is 3.24. The van der Waals surface area contributed by atoms with E-state index >= 15 is 0 Å². The van der Waals surface area contributed by atoms with E-state index in [1.165, 1.54) is 0 Å². The molecule has 3 aromatic rings. The minimum Gasteiger partial charge on any atom is -0.425 e. The monoisotopic (exact) mass is 439 g/mol. The van der Waals surface area contributed by atoms with Gasteiger partial charge in [0.15, 0.2) is 11.5 Å².